The van der Waals surface area contributed by atoms with Crippen molar-refractivity contribution in [3.05, 3.63) is 29.8 Å². The number of carbonyl (C=O) groups is 1. The van der Waals surface area contributed by atoms with Gasteiger partial charge in [-0.2, -0.15) is 0 Å². The van der Waals surface area contributed by atoms with Gasteiger partial charge in [-0.25, -0.2) is 0 Å². The first kappa shape index (κ1) is 15.7. The molecule has 1 aliphatic heterocycles. The highest BCUT2D eigenvalue weighted by Crippen LogP contribution is 2.48. The maximum atomic E-state index is 13.0. The SMILES string of the molecule is CC(C)(C)OC(=O)C1(C(C)(C)CN)C=Nc2ccccc21. The van der Waals surface area contributed by atoms with Crippen LogP contribution in [0.5, 0.6) is 0 Å². The molecule has 1 aliphatic rings. The summed E-state index contributed by atoms with van der Waals surface area (Å²) in [6.07, 6.45) is 1.71. The summed E-state index contributed by atoms with van der Waals surface area (Å²) in [4.78, 5) is 17.4. The standard InChI is InChI=1S/C17H24N2O2/c1-15(2,3)21-14(20)17(16(4,5)10-18)11-19-13-9-7-6-8-12(13)17/h6-9,11H,10,18H2,1-5H3. The number of fused-ring (bicyclic) bond motifs is 1. The van der Waals surface area contributed by atoms with E-state index in [-0.39, 0.29) is 5.97 Å². The highest BCUT2D eigenvalue weighted by Gasteiger charge is 2.55. The second-order valence-electron chi connectivity index (χ2n) is 7.17. The molecule has 0 saturated heterocycles. The third-order valence-electron chi connectivity index (χ3n) is 4.02. The molecule has 1 aromatic rings. The van der Waals surface area contributed by atoms with Gasteiger partial charge in [-0.3, -0.25) is 9.79 Å². The molecule has 21 heavy (non-hydrogen) atoms. The van der Waals surface area contributed by atoms with Crippen LogP contribution in [0.4, 0.5) is 5.69 Å². The smallest absolute Gasteiger partial charge is 0.323 e. The van der Waals surface area contributed by atoms with Crippen LogP contribution in [0.2, 0.25) is 0 Å². The minimum Gasteiger partial charge on any atom is -0.459 e. The van der Waals surface area contributed by atoms with Gasteiger partial charge < -0.3 is 10.5 Å². The Balaban J connectivity index is 2.59. The second-order valence-corrected chi connectivity index (χ2v) is 7.17. The second kappa shape index (κ2) is 4.95. The van der Waals surface area contributed by atoms with Crippen molar-refractivity contribution in [1.29, 1.82) is 0 Å². The van der Waals surface area contributed by atoms with E-state index in [1.807, 2.05) is 58.9 Å². The van der Waals surface area contributed by atoms with Crippen molar-refractivity contribution in [3.8, 4) is 0 Å². The summed E-state index contributed by atoms with van der Waals surface area (Å²) < 4.78 is 5.68. The van der Waals surface area contributed by atoms with Crippen molar-refractivity contribution in [3.63, 3.8) is 0 Å². The molecule has 1 aromatic carbocycles. The van der Waals surface area contributed by atoms with E-state index in [4.69, 9.17) is 10.5 Å². The predicted octanol–water partition coefficient (Wildman–Crippen LogP) is 2.97. The average molecular weight is 288 g/mol. The molecule has 0 amide bonds. The number of carbonyl (C=O) groups excluding carboxylic acids is 1. The minimum absolute atomic E-state index is 0.292. The maximum Gasteiger partial charge on any atom is 0.323 e. The summed E-state index contributed by atoms with van der Waals surface area (Å²) in [5.41, 5.74) is 5.65. The number of hydrogen-bond acceptors (Lipinski definition) is 4. The van der Waals surface area contributed by atoms with Crippen molar-refractivity contribution >= 4 is 17.9 Å². The summed E-state index contributed by atoms with van der Waals surface area (Å²) in [6, 6.07) is 7.67. The molecule has 2 N–H and O–H groups in total. The summed E-state index contributed by atoms with van der Waals surface area (Å²) in [5, 5.41) is 0. The first-order valence-corrected chi connectivity index (χ1v) is 7.22. The van der Waals surface area contributed by atoms with Gasteiger partial charge in [0.2, 0.25) is 0 Å². The zero-order chi connectivity index (χ0) is 15.9. The van der Waals surface area contributed by atoms with Crippen molar-refractivity contribution < 1.29 is 9.53 Å². The molecule has 0 aromatic heterocycles. The van der Waals surface area contributed by atoms with Gasteiger partial charge in [0.05, 0.1) is 5.69 Å². The van der Waals surface area contributed by atoms with Crippen molar-refractivity contribution in [2.45, 2.75) is 45.6 Å². The number of esters is 1. The first-order chi connectivity index (χ1) is 9.64. The number of nitrogens with two attached hydrogens (primary N) is 1. The number of hydrogen-bond donors (Lipinski definition) is 1. The fourth-order valence-corrected chi connectivity index (χ4v) is 2.65. The molecule has 1 unspecified atom stereocenters. The zero-order valence-corrected chi connectivity index (χ0v) is 13.4. The first-order valence-electron chi connectivity index (χ1n) is 7.22. The van der Waals surface area contributed by atoms with E-state index in [9.17, 15) is 4.79 Å². The summed E-state index contributed by atoms with van der Waals surface area (Å²) in [6.45, 7) is 9.91. The lowest BCUT2D eigenvalue weighted by Crippen LogP contribution is -2.54. The normalized spacial score (nSPS) is 21.2. The summed E-state index contributed by atoms with van der Waals surface area (Å²) in [5.74, 6) is -0.292. The number of para-hydroxylation sites is 1. The van der Waals surface area contributed by atoms with Crippen LogP contribution in [0.25, 0.3) is 0 Å². The molecule has 1 heterocycles. The molecule has 2 rings (SSSR count). The van der Waals surface area contributed by atoms with Gasteiger partial charge >= 0.3 is 5.97 Å². The Morgan fingerprint density at radius 1 is 1.24 bits per heavy atom. The Bertz CT molecular complexity index is 585. The molecule has 4 heteroatoms. The summed E-state index contributed by atoms with van der Waals surface area (Å²) >= 11 is 0. The number of ether oxygens (including phenoxy) is 1. The Hall–Kier alpha value is -1.68. The van der Waals surface area contributed by atoms with Gasteiger partial charge in [0, 0.05) is 17.2 Å². The molecule has 0 spiro atoms. The number of aliphatic imine (C=N–C) groups is 1. The Morgan fingerprint density at radius 2 is 1.86 bits per heavy atom. The lowest BCUT2D eigenvalue weighted by atomic mass is 9.62. The van der Waals surface area contributed by atoms with Crippen molar-refractivity contribution in [2.75, 3.05) is 6.54 Å². The summed E-state index contributed by atoms with van der Waals surface area (Å²) in [7, 11) is 0. The number of benzene rings is 1. The molecule has 0 aliphatic carbocycles. The molecular weight excluding hydrogens is 264 g/mol. The Morgan fingerprint density at radius 3 is 2.43 bits per heavy atom. The topological polar surface area (TPSA) is 64.7 Å². The van der Waals surface area contributed by atoms with Gasteiger partial charge in [-0.05, 0) is 33.4 Å². The van der Waals surface area contributed by atoms with Gasteiger partial charge in [-0.1, -0.05) is 32.0 Å². The van der Waals surface area contributed by atoms with Crippen molar-refractivity contribution in [2.24, 2.45) is 16.1 Å². The molecule has 4 nitrogen and oxygen atoms in total. The fourth-order valence-electron chi connectivity index (χ4n) is 2.65. The highest BCUT2D eigenvalue weighted by molar-refractivity contribution is 6.07. The van der Waals surface area contributed by atoms with Crippen LogP contribution in [0, 0.1) is 5.41 Å². The fraction of sp³-hybridized carbons (Fsp3) is 0.529. The number of nitrogens with zero attached hydrogens (tertiary/aromatic N) is 1. The number of rotatable bonds is 3. The third kappa shape index (κ3) is 2.48. The van der Waals surface area contributed by atoms with Gasteiger partial charge in [0.15, 0.2) is 0 Å². The van der Waals surface area contributed by atoms with E-state index < -0.39 is 16.4 Å². The van der Waals surface area contributed by atoms with Crippen LogP contribution < -0.4 is 5.73 Å². The highest BCUT2D eigenvalue weighted by atomic mass is 16.6. The molecule has 0 radical (unpaired) electrons. The molecule has 0 fully saturated rings. The molecular formula is C17H24N2O2. The van der Waals surface area contributed by atoms with E-state index in [1.54, 1.807) is 6.21 Å². The van der Waals surface area contributed by atoms with E-state index in [0.29, 0.717) is 6.54 Å². The molecule has 0 bridgehead atoms. The van der Waals surface area contributed by atoms with Crippen LogP contribution in [0.3, 0.4) is 0 Å². The van der Waals surface area contributed by atoms with Gasteiger partial charge in [0.25, 0.3) is 0 Å². The quantitative estimate of drug-likeness (QED) is 0.870. The monoisotopic (exact) mass is 288 g/mol. The van der Waals surface area contributed by atoms with Gasteiger partial charge in [0.1, 0.15) is 11.0 Å². The van der Waals surface area contributed by atoms with Crippen LogP contribution in [0.1, 0.15) is 40.2 Å². The van der Waals surface area contributed by atoms with Crippen LogP contribution in [0.15, 0.2) is 29.3 Å². The van der Waals surface area contributed by atoms with Gasteiger partial charge in [-0.15, -0.1) is 0 Å². The lowest BCUT2D eigenvalue weighted by Gasteiger charge is -2.41. The maximum absolute atomic E-state index is 13.0. The minimum atomic E-state index is -0.939. The molecule has 114 valence electrons. The van der Waals surface area contributed by atoms with Crippen LogP contribution >= 0.6 is 0 Å². The van der Waals surface area contributed by atoms with E-state index in [2.05, 4.69) is 4.99 Å². The largest absolute Gasteiger partial charge is 0.459 e. The molecule has 0 saturated carbocycles. The predicted molar refractivity (Wildman–Crippen MR) is 85.0 cm³/mol. The Kier molecular flexibility index (Phi) is 3.70. The van der Waals surface area contributed by atoms with E-state index in [0.717, 1.165) is 11.3 Å². The van der Waals surface area contributed by atoms with Crippen molar-refractivity contribution in [1.82, 2.24) is 0 Å². The lowest BCUT2D eigenvalue weighted by molar-refractivity contribution is -0.162. The Labute approximate surface area is 126 Å². The zero-order valence-electron chi connectivity index (χ0n) is 13.4. The van der Waals surface area contributed by atoms with E-state index in [1.165, 1.54) is 0 Å². The van der Waals surface area contributed by atoms with E-state index >= 15 is 0 Å². The molecule has 1 atom stereocenters. The third-order valence-corrected chi connectivity index (χ3v) is 4.02. The average Bonchev–Trinajstić information content (AvgIpc) is 2.77. The van der Waals surface area contributed by atoms with Crippen LogP contribution in [-0.4, -0.2) is 24.3 Å². The van der Waals surface area contributed by atoms with Crippen LogP contribution in [-0.2, 0) is 14.9 Å².